The van der Waals surface area contributed by atoms with Crippen LogP contribution in [0.3, 0.4) is 0 Å². The number of aryl methyl sites for hydroxylation is 1. The maximum Gasteiger partial charge on any atom is 0.268 e. The summed E-state index contributed by atoms with van der Waals surface area (Å²) in [5.41, 5.74) is 9.40. The molecule has 26 heavy (non-hydrogen) atoms. The quantitative estimate of drug-likeness (QED) is 0.739. The molecule has 1 fully saturated rings. The van der Waals surface area contributed by atoms with Gasteiger partial charge in [-0.05, 0) is 48.4 Å². The number of rotatable bonds is 3. The number of nitrogens with two attached hydrogens (primary N) is 1. The Hall–Kier alpha value is -2.66. The molecule has 2 heterocycles. The first-order valence-electron chi connectivity index (χ1n) is 8.43. The van der Waals surface area contributed by atoms with E-state index >= 15 is 0 Å². The molecule has 1 amide bonds. The summed E-state index contributed by atoms with van der Waals surface area (Å²) >= 11 is 6.54. The number of halogens is 1. The summed E-state index contributed by atoms with van der Waals surface area (Å²) in [5, 5.41) is 0.911. The molecule has 0 saturated heterocycles. The topological polar surface area (TPSA) is 88.8 Å². The third-order valence-corrected chi connectivity index (χ3v) is 5.54. The molecule has 0 radical (unpaired) electrons. The molecule has 1 aliphatic carbocycles. The highest BCUT2D eigenvalue weighted by Crippen LogP contribution is 2.50. The van der Waals surface area contributed by atoms with Gasteiger partial charge < -0.3 is 10.7 Å². The van der Waals surface area contributed by atoms with Gasteiger partial charge in [0.1, 0.15) is 5.69 Å². The Balaban J connectivity index is 1.92. The summed E-state index contributed by atoms with van der Waals surface area (Å²) in [4.78, 5) is 31.3. The summed E-state index contributed by atoms with van der Waals surface area (Å²) in [5.74, 6) is -0.727. The number of aromatic amines is 1. The third-order valence-electron chi connectivity index (χ3n) is 5.23. The van der Waals surface area contributed by atoms with Crippen LogP contribution >= 0.6 is 11.6 Å². The number of pyridine rings is 2. The third kappa shape index (κ3) is 2.59. The van der Waals surface area contributed by atoms with Crippen LogP contribution < -0.4 is 11.2 Å². The molecule has 6 heteroatoms. The second-order valence-electron chi connectivity index (χ2n) is 7.20. The highest BCUT2D eigenvalue weighted by Gasteiger charge is 2.40. The molecule has 132 valence electrons. The molecule has 0 spiro atoms. The maximum absolute atomic E-state index is 12.6. The molecule has 1 saturated carbocycles. The fourth-order valence-corrected chi connectivity index (χ4v) is 3.81. The highest BCUT2D eigenvalue weighted by atomic mass is 35.5. The predicted molar refractivity (Wildman–Crippen MR) is 103 cm³/mol. The van der Waals surface area contributed by atoms with E-state index in [-0.39, 0.29) is 21.9 Å². The monoisotopic (exact) mass is 367 g/mol. The molecule has 5 nitrogen and oxygen atoms in total. The van der Waals surface area contributed by atoms with E-state index < -0.39 is 5.91 Å². The Morgan fingerprint density at radius 2 is 2.04 bits per heavy atom. The van der Waals surface area contributed by atoms with Gasteiger partial charge in [0, 0.05) is 22.8 Å². The SMILES string of the molecule is Cc1cc(C2(C)CC2)c(Cl)cc1-c1cc(=O)c2c(C(N)=O)nccc2[nH]1. The van der Waals surface area contributed by atoms with Crippen LogP contribution in [0.2, 0.25) is 5.02 Å². The van der Waals surface area contributed by atoms with Gasteiger partial charge in [-0.2, -0.15) is 0 Å². The van der Waals surface area contributed by atoms with Gasteiger partial charge in [-0.15, -0.1) is 0 Å². The lowest BCUT2D eigenvalue weighted by Gasteiger charge is -2.16. The zero-order chi connectivity index (χ0) is 18.6. The minimum absolute atomic E-state index is 0.0259. The van der Waals surface area contributed by atoms with Crippen molar-refractivity contribution in [2.45, 2.75) is 32.1 Å². The van der Waals surface area contributed by atoms with E-state index in [2.05, 4.69) is 23.0 Å². The molecule has 2 aromatic heterocycles. The lowest BCUT2D eigenvalue weighted by molar-refractivity contribution is 0.0997. The number of carbonyl (C=O) groups is 1. The Labute approximate surface area is 155 Å². The van der Waals surface area contributed by atoms with Crippen LogP contribution in [0.15, 0.2) is 35.3 Å². The number of nitrogens with one attached hydrogen (secondary N) is 1. The zero-order valence-electron chi connectivity index (χ0n) is 14.5. The number of hydrogen-bond acceptors (Lipinski definition) is 3. The smallest absolute Gasteiger partial charge is 0.268 e. The van der Waals surface area contributed by atoms with Crippen molar-refractivity contribution in [1.82, 2.24) is 9.97 Å². The average molecular weight is 368 g/mol. The fraction of sp³-hybridized carbons (Fsp3) is 0.250. The molecule has 3 N–H and O–H groups in total. The second kappa shape index (κ2) is 5.68. The Morgan fingerprint density at radius 1 is 1.31 bits per heavy atom. The van der Waals surface area contributed by atoms with E-state index in [1.807, 2.05) is 13.0 Å². The van der Waals surface area contributed by atoms with E-state index in [1.54, 1.807) is 6.07 Å². The number of primary amides is 1. The van der Waals surface area contributed by atoms with Crippen molar-refractivity contribution in [2.24, 2.45) is 5.73 Å². The van der Waals surface area contributed by atoms with Crippen molar-refractivity contribution in [2.75, 3.05) is 0 Å². The number of fused-ring (bicyclic) bond motifs is 1. The van der Waals surface area contributed by atoms with Crippen molar-refractivity contribution in [1.29, 1.82) is 0 Å². The molecule has 4 rings (SSSR count). The lowest BCUT2D eigenvalue weighted by Crippen LogP contribution is -2.17. The van der Waals surface area contributed by atoms with E-state index in [4.69, 9.17) is 17.3 Å². The van der Waals surface area contributed by atoms with Gasteiger partial charge in [-0.1, -0.05) is 24.6 Å². The van der Waals surface area contributed by atoms with E-state index in [0.717, 1.165) is 29.5 Å². The van der Waals surface area contributed by atoms with Gasteiger partial charge in [0.25, 0.3) is 5.91 Å². The Morgan fingerprint density at radius 3 is 2.69 bits per heavy atom. The molecule has 0 aliphatic heterocycles. The number of benzene rings is 1. The van der Waals surface area contributed by atoms with Gasteiger partial charge in [-0.3, -0.25) is 14.6 Å². The standard InChI is InChI=1S/C20H18ClN3O2/c1-10-7-12(20(2)4-5-20)13(21)8-11(10)15-9-16(25)17-14(24-15)3-6-23-18(17)19(22)26/h3,6-9H,4-5H2,1-2H3,(H2,22,26)(H,24,25). The largest absolute Gasteiger partial charge is 0.364 e. The number of carbonyl (C=O) groups excluding carboxylic acids is 1. The van der Waals surface area contributed by atoms with Crippen LogP contribution in [-0.4, -0.2) is 15.9 Å². The molecule has 0 bridgehead atoms. The first-order chi connectivity index (χ1) is 12.3. The zero-order valence-corrected chi connectivity index (χ0v) is 15.3. The highest BCUT2D eigenvalue weighted by molar-refractivity contribution is 6.32. The summed E-state index contributed by atoms with van der Waals surface area (Å²) in [7, 11) is 0. The lowest BCUT2D eigenvalue weighted by atomic mass is 9.93. The normalized spacial score (nSPS) is 15.2. The summed E-state index contributed by atoms with van der Waals surface area (Å²) < 4.78 is 0. The minimum atomic E-state index is -0.727. The van der Waals surface area contributed by atoms with Crippen molar-refractivity contribution in [3.05, 3.63) is 62.5 Å². The van der Waals surface area contributed by atoms with E-state index in [9.17, 15) is 9.59 Å². The molecule has 1 aliphatic rings. The van der Waals surface area contributed by atoms with Crippen LogP contribution in [0.1, 0.15) is 41.4 Å². The first kappa shape index (κ1) is 16.8. The van der Waals surface area contributed by atoms with Crippen LogP contribution in [0.4, 0.5) is 0 Å². The molecular weight excluding hydrogens is 350 g/mol. The van der Waals surface area contributed by atoms with E-state index in [0.29, 0.717) is 16.2 Å². The maximum atomic E-state index is 12.6. The summed E-state index contributed by atoms with van der Waals surface area (Å²) in [6, 6.07) is 7.13. The number of nitrogens with zero attached hydrogens (tertiary/aromatic N) is 1. The number of aromatic nitrogens is 2. The van der Waals surface area contributed by atoms with Crippen LogP contribution in [0.25, 0.3) is 22.2 Å². The van der Waals surface area contributed by atoms with Crippen molar-refractivity contribution < 1.29 is 4.79 Å². The first-order valence-corrected chi connectivity index (χ1v) is 8.81. The van der Waals surface area contributed by atoms with Gasteiger partial charge >= 0.3 is 0 Å². The Kier molecular flexibility index (Phi) is 3.66. The minimum Gasteiger partial charge on any atom is -0.364 e. The Bertz CT molecular complexity index is 1130. The van der Waals surface area contributed by atoms with Crippen molar-refractivity contribution in [3.63, 3.8) is 0 Å². The van der Waals surface area contributed by atoms with Crippen LogP contribution in [-0.2, 0) is 5.41 Å². The van der Waals surface area contributed by atoms with Crippen molar-refractivity contribution >= 4 is 28.4 Å². The van der Waals surface area contributed by atoms with Gasteiger partial charge in [0.2, 0.25) is 0 Å². The molecule has 1 aromatic carbocycles. The molecular formula is C20H18ClN3O2. The second-order valence-corrected chi connectivity index (χ2v) is 7.61. The molecule has 0 atom stereocenters. The predicted octanol–water partition coefficient (Wildman–Crippen LogP) is 3.70. The average Bonchev–Trinajstić information content (AvgIpc) is 3.34. The molecule has 3 aromatic rings. The van der Waals surface area contributed by atoms with E-state index in [1.165, 1.54) is 12.3 Å². The number of H-pyrrole nitrogens is 1. The summed E-state index contributed by atoms with van der Waals surface area (Å²) in [6.45, 7) is 4.22. The van der Waals surface area contributed by atoms with Crippen LogP contribution in [0, 0.1) is 6.92 Å². The van der Waals surface area contributed by atoms with Crippen LogP contribution in [0.5, 0.6) is 0 Å². The van der Waals surface area contributed by atoms with Crippen molar-refractivity contribution in [3.8, 4) is 11.3 Å². The fourth-order valence-electron chi connectivity index (χ4n) is 3.42. The number of amides is 1. The van der Waals surface area contributed by atoms with Gasteiger partial charge in [0.05, 0.1) is 16.6 Å². The number of hydrogen-bond donors (Lipinski definition) is 2. The summed E-state index contributed by atoms with van der Waals surface area (Å²) in [6.07, 6.45) is 3.74. The van der Waals surface area contributed by atoms with Gasteiger partial charge in [0.15, 0.2) is 5.43 Å². The van der Waals surface area contributed by atoms with Gasteiger partial charge in [-0.25, -0.2) is 0 Å². The molecule has 0 unspecified atom stereocenters.